The maximum atomic E-state index is 12.7. The van der Waals surface area contributed by atoms with Gasteiger partial charge < -0.3 is 24.1 Å². The standard InChI is InChI=1S/C19H16O7/c1-2-24-17(22)10-25-13-7-15(21)18-16(8-13)26-9-14(19(18)23)11-3-5-12(20)6-4-11/h3-9,20-21H,2,10H2,1H3. The van der Waals surface area contributed by atoms with E-state index in [4.69, 9.17) is 13.9 Å². The molecular formula is C19H16O7. The average molecular weight is 356 g/mol. The first kappa shape index (κ1) is 17.3. The molecule has 0 amide bonds. The molecule has 2 N–H and O–H groups in total. The van der Waals surface area contributed by atoms with Crippen LogP contribution in [0, 0.1) is 0 Å². The summed E-state index contributed by atoms with van der Waals surface area (Å²) in [6.07, 6.45) is 1.27. The third-order valence-corrected chi connectivity index (χ3v) is 3.67. The van der Waals surface area contributed by atoms with Crippen molar-refractivity contribution in [2.24, 2.45) is 0 Å². The summed E-state index contributed by atoms with van der Waals surface area (Å²) in [6.45, 7) is 1.59. The molecule has 1 aromatic heterocycles. The Hall–Kier alpha value is -3.48. The van der Waals surface area contributed by atoms with Gasteiger partial charge in [0.1, 0.15) is 34.5 Å². The van der Waals surface area contributed by atoms with Gasteiger partial charge in [0.05, 0.1) is 12.2 Å². The third-order valence-electron chi connectivity index (χ3n) is 3.67. The van der Waals surface area contributed by atoms with Crippen molar-refractivity contribution in [3.63, 3.8) is 0 Å². The Morgan fingerprint density at radius 3 is 2.58 bits per heavy atom. The lowest BCUT2D eigenvalue weighted by atomic mass is 10.0. The molecule has 3 aromatic rings. The van der Waals surface area contributed by atoms with E-state index in [0.717, 1.165) is 0 Å². The highest BCUT2D eigenvalue weighted by Gasteiger charge is 2.15. The number of benzene rings is 2. The second-order valence-electron chi connectivity index (χ2n) is 5.43. The first-order chi connectivity index (χ1) is 12.5. The highest BCUT2D eigenvalue weighted by atomic mass is 16.6. The SMILES string of the molecule is CCOC(=O)COc1cc(O)c2c(=O)c(-c3ccc(O)cc3)coc2c1. The number of fused-ring (bicyclic) bond motifs is 1. The summed E-state index contributed by atoms with van der Waals surface area (Å²) < 4.78 is 15.5. The van der Waals surface area contributed by atoms with E-state index in [1.54, 1.807) is 19.1 Å². The summed E-state index contributed by atoms with van der Waals surface area (Å²) in [5.74, 6) is -0.624. The normalized spacial score (nSPS) is 10.7. The van der Waals surface area contributed by atoms with E-state index in [0.29, 0.717) is 5.56 Å². The summed E-state index contributed by atoms with van der Waals surface area (Å²) >= 11 is 0. The predicted molar refractivity (Wildman–Crippen MR) is 93.4 cm³/mol. The fraction of sp³-hybridized carbons (Fsp3) is 0.158. The summed E-state index contributed by atoms with van der Waals surface area (Å²) in [4.78, 5) is 24.0. The van der Waals surface area contributed by atoms with Crippen LogP contribution in [0.15, 0.2) is 51.9 Å². The minimum absolute atomic E-state index is 0.000871. The quantitative estimate of drug-likeness (QED) is 0.677. The smallest absolute Gasteiger partial charge is 0.344 e. The zero-order chi connectivity index (χ0) is 18.7. The Kier molecular flexibility index (Phi) is 4.79. The van der Waals surface area contributed by atoms with Crippen molar-refractivity contribution in [2.45, 2.75) is 6.92 Å². The minimum Gasteiger partial charge on any atom is -0.508 e. The summed E-state index contributed by atoms with van der Waals surface area (Å²) in [5.41, 5.74) is 0.483. The number of hydrogen-bond donors (Lipinski definition) is 2. The molecule has 0 fully saturated rings. The van der Waals surface area contributed by atoms with Crippen molar-refractivity contribution in [1.82, 2.24) is 0 Å². The summed E-state index contributed by atoms with van der Waals surface area (Å²) in [7, 11) is 0. The molecule has 0 bridgehead atoms. The maximum Gasteiger partial charge on any atom is 0.344 e. The van der Waals surface area contributed by atoms with E-state index in [1.807, 2.05) is 0 Å². The fourth-order valence-corrected chi connectivity index (χ4v) is 2.48. The van der Waals surface area contributed by atoms with Crippen LogP contribution in [0.25, 0.3) is 22.1 Å². The maximum absolute atomic E-state index is 12.7. The number of esters is 1. The zero-order valence-electron chi connectivity index (χ0n) is 13.9. The molecule has 3 rings (SSSR count). The molecule has 0 spiro atoms. The Labute approximate surface area is 148 Å². The molecular weight excluding hydrogens is 340 g/mol. The number of aromatic hydroxyl groups is 2. The Morgan fingerprint density at radius 2 is 1.88 bits per heavy atom. The van der Waals surface area contributed by atoms with Gasteiger partial charge >= 0.3 is 5.97 Å². The molecule has 0 unspecified atom stereocenters. The van der Waals surface area contributed by atoms with Crippen LogP contribution in [0.3, 0.4) is 0 Å². The molecule has 0 aliphatic rings. The van der Waals surface area contributed by atoms with Gasteiger partial charge in [0.25, 0.3) is 0 Å². The Bertz CT molecular complexity index is 1000. The lowest BCUT2D eigenvalue weighted by Crippen LogP contribution is -2.14. The molecule has 2 aromatic carbocycles. The van der Waals surface area contributed by atoms with E-state index in [9.17, 15) is 19.8 Å². The molecule has 7 nitrogen and oxygen atoms in total. The molecule has 134 valence electrons. The summed E-state index contributed by atoms with van der Waals surface area (Å²) in [6, 6.07) is 8.69. The highest BCUT2D eigenvalue weighted by molar-refractivity contribution is 5.88. The van der Waals surface area contributed by atoms with Gasteiger partial charge in [-0.05, 0) is 24.6 Å². The van der Waals surface area contributed by atoms with Crippen molar-refractivity contribution >= 4 is 16.9 Å². The van der Waals surface area contributed by atoms with Crippen molar-refractivity contribution in [3.8, 4) is 28.4 Å². The van der Waals surface area contributed by atoms with E-state index >= 15 is 0 Å². The predicted octanol–water partition coefficient (Wildman–Crippen LogP) is 2.81. The number of carbonyl (C=O) groups is 1. The van der Waals surface area contributed by atoms with Crippen molar-refractivity contribution in [2.75, 3.05) is 13.2 Å². The fourth-order valence-electron chi connectivity index (χ4n) is 2.48. The Balaban J connectivity index is 1.98. The number of rotatable bonds is 5. The second-order valence-corrected chi connectivity index (χ2v) is 5.43. The number of hydrogen-bond acceptors (Lipinski definition) is 7. The van der Waals surface area contributed by atoms with Gasteiger partial charge in [-0.15, -0.1) is 0 Å². The minimum atomic E-state index is -0.545. The number of carbonyl (C=O) groups excluding carboxylic acids is 1. The van der Waals surface area contributed by atoms with E-state index in [1.165, 1.54) is 30.5 Å². The van der Waals surface area contributed by atoms with Gasteiger partial charge in [-0.1, -0.05) is 12.1 Å². The van der Waals surface area contributed by atoms with Crippen LogP contribution >= 0.6 is 0 Å². The molecule has 0 radical (unpaired) electrons. The monoisotopic (exact) mass is 356 g/mol. The summed E-state index contributed by atoms with van der Waals surface area (Å²) in [5, 5.41) is 19.6. The van der Waals surface area contributed by atoms with E-state index in [2.05, 4.69) is 0 Å². The zero-order valence-corrected chi connectivity index (χ0v) is 13.9. The number of phenolic OH excluding ortho intramolecular Hbond substituents is 2. The van der Waals surface area contributed by atoms with Gasteiger partial charge in [0.15, 0.2) is 6.61 Å². The van der Waals surface area contributed by atoms with Crippen LogP contribution in [0.4, 0.5) is 0 Å². The lowest BCUT2D eigenvalue weighted by molar-refractivity contribution is -0.145. The first-order valence-electron chi connectivity index (χ1n) is 7.86. The molecule has 1 heterocycles. The van der Waals surface area contributed by atoms with Crippen LogP contribution < -0.4 is 10.2 Å². The molecule has 0 saturated heterocycles. The number of ether oxygens (including phenoxy) is 2. The van der Waals surface area contributed by atoms with Crippen LogP contribution in [-0.4, -0.2) is 29.4 Å². The largest absolute Gasteiger partial charge is 0.508 e. The molecule has 0 saturated carbocycles. The molecule has 0 atom stereocenters. The van der Waals surface area contributed by atoms with Gasteiger partial charge in [0.2, 0.25) is 5.43 Å². The molecule has 0 aliphatic carbocycles. The van der Waals surface area contributed by atoms with Crippen molar-refractivity contribution in [3.05, 3.63) is 52.9 Å². The average Bonchev–Trinajstić information content (AvgIpc) is 2.61. The second kappa shape index (κ2) is 7.18. The molecule has 7 heteroatoms. The lowest BCUT2D eigenvalue weighted by Gasteiger charge is -2.09. The number of phenols is 2. The molecule has 26 heavy (non-hydrogen) atoms. The topological polar surface area (TPSA) is 106 Å². The van der Waals surface area contributed by atoms with Crippen molar-refractivity contribution < 1.29 is 28.9 Å². The van der Waals surface area contributed by atoms with Crippen LogP contribution in [0.1, 0.15) is 6.92 Å². The van der Waals surface area contributed by atoms with Gasteiger partial charge in [-0.2, -0.15) is 0 Å². The van der Waals surface area contributed by atoms with Crippen molar-refractivity contribution in [1.29, 1.82) is 0 Å². The van der Waals surface area contributed by atoms with Crippen LogP contribution in [0.2, 0.25) is 0 Å². The van der Waals surface area contributed by atoms with Gasteiger partial charge in [-0.25, -0.2) is 4.79 Å². The van der Waals surface area contributed by atoms with Crippen LogP contribution in [0.5, 0.6) is 17.2 Å². The molecule has 0 aliphatic heterocycles. The third kappa shape index (κ3) is 3.46. The highest BCUT2D eigenvalue weighted by Crippen LogP contribution is 2.30. The van der Waals surface area contributed by atoms with E-state index in [-0.39, 0.29) is 47.0 Å². The van der Waals surface area contributed by atoms with E-state index < -0.39 is 11.4 Å². The Morgan fingerprint density at radius 1 is 1.15 bits per heavy atom. The van der Waals surface area contributed by atoms with Crippen LogP contribution in [-0.2, 0) is 9.53 Å². The van der Waals surface area contributed by atoms with Gasteiger partial charge in [0, 0.05) is 12.1 Å². The van der Waals surface area contributed by atoms with Gasteiger partial charge in [-0.3, -0.25) is 4.79 Å². The first-order valence-corrected chi connectivity index (χ1v) is 7.86.